The largest absolute Gasteiger partial charge is 0.507 e. The quantitative estimate of drug-likeness (QED) is 0.431. The number of hydrogen-bond acceptors (Lipinski definition) is 5. The summed E-state index contributed by atoms with van der Waals surface area (Å²) in [6.07, 6.45) is 0. The molecule has 2 N–H and O–H groups in total. The maximum atomic E-state index is 13.1. The van der Waals surface area contributed by atoms with Crippen LogP contribution in [0.2, 0.25) is 0 Å². The number of furan rings is 1. The first kappa shape index (κ1) is 21.3. The number of aliphatic hydroxyl groups is 1. The van der Waals surface area contributed by atoms with Crippen molar-refractivity contribution in [1.82, 2.24) is 4.90 Å². The Kier molecular flexibility index (Phi) is 5.98. The molecule has 1 amide bonds. The molecule has 2 aliphatic heterocycles. The topological polar surface area (TPSA) is 84.4 Å². The standard InChI is InChI=1S/C24H28N2O5/c1-15-4-5-16(2)18(14-15)22(27)20-21(19-7-6-17(3)31-19)26(24(29)23(20)28)9-8-25-10-12-30-13-11-25/h4-7,14,21,27H,8-13H2,1-3H3/p+1/b22-20+/t21-/m1/s1. The third-order valence-corrected chi connectivity index (χ3v) is 6.12. The molecule has 2 fully saturated rings. The van der Waals surface area contributed by atoms with Crippen LogP contribution in [-0.2, 0) is 14.3 Å². The van der Waals surface area contributed by atoms with Crippen molar-refractivity contribution < 1.29 is 28.7 Å². The lowest BCUT2D eigenvalue weighted by Crippen LogP contribution is -3.14. The Labute approximate surface area is 181 Å². The molecule has 0 spiro atoms. The molecule has 0 radical (unpaired) electrons. The lowest BCUT2D eigenvalue weighted by atomic mass is 9.96. The molecule has 1 atom stereocenters. The average molecular weight is 426 g/mol. The molecule has 164 valence electrons. The van der Waals surface area contributed by atoms with E-state index in [2.05, 4.69) is 0 Å². The Morgan fingerprint density at radius 1 is 1.13 bits per heavy atom. The van der Waals surface area contributed by atoms with Crippen molar-refractivity contribution in [1.29, 1.82) is 0 Å². The van der Waals surface area contributed by atoms with Crippen molar-refractivity contribution in [3.05, 3.63) is 64.1 Å². The third-order valence-electron chi connectivity index (χ3n) is 6.12. The summed E-state index contributed by atoms with van der Waals surface area (Å²) in [5.74, 6) is -0.250. The normalized spacial score (nSPS) is 21.8. The second kappa shape index (κ2) is 8.69. The molecule has 3 heterocycles. The van der Waals surface area contributed by atoms with Crippen LogP contribution in [0.5, 0.6) is 0 Å². The summed E-state index contributed by atoms with van der Waals surface area (Å²) >= 11 is 0. The van der Waals surface area contributed by atoms with Crippen LogP contribution in [0.3, 0.4) is 0 Å². The van der Waals surface area contributed by atoms with Gasteiger partial charge in [0.25, 0.3) is 11.7 Å². The van der Waals surface area contributed by atoms with Gasteiger partial charge in [0.15, 0.2) is 0 Å². The Bertz CT molecular complexity index is 1030. The lowest BCUT2D eigenvalue weighted by Gasteiger charge is -2.28. The van der Waals surface area contributed by atoms with Gasteiger partial charge in [-0.2, -0.15) is 0 Å². The molecule has 0 unspecified atom stereocenters. The van der Waals surface area contributed by atoms with Gasteiger partial charge in [-0.15, -0.1) is 0 Å². The number of carbonyl (C=O) groups excluding carboxylic acids is 2. The van der Waals surface area contributed by atoms with Crippen LogP contribution in [0.15, 0.2) is 40.3 Å². The predicted molar refractivity (Wildman–Crippen MR) is 115 cm³/mol. The number of morpholine rings is 1. The zero-order valence-electron chi connectivity index (χ0n) is 18.2. The highest BCUT2D eigenvalue weighted by molar-refractivity contribution is 6.46. The summed E-state index contributed by atoms with van der Waals surface area (Å²) < 4.78 is 11.2. The van der Waals surface area contributed by atoms with Gasteiger partial charge in [0.05, 0.1) is 31.9 Å². The molecule has 7 heteroatoms. The number of likely N-dealkylation sites (tertiary alicyclic amines) is 1. The van der Waals surface area contributed by atoms with Gasteiger partial charge in [0.2, 0.25) is 0 Å². The fourth-order valence-electron chi connectivity index (χ4n) is 4.33. The number of ketones is 1. The Morgan fingerprint density at radius 2 is 1.87 bits per heavy atom. The number of aliphatic hydroxyl groups excluding tert-OH is 1. The van der Waals surface area contributed by atoms with Gasteiger partial charge in [-0.1, -0.05) is 17.7 Å². The van der Waals surface area contributed by atoms with Crippen LogP contribution < -0.4 is 4.90 Å². The number of nitrogens with one attached hydrogen (secondary N) is 1. The first-order chi connectivity index (χ1) is 14.9. The molecular weight excluding hydrogens is 396 g/mol. The molecule has 1 aromatic carbocycles. The number of amides is 1. The SMILES string of the molecule is Cc1ccc(C)c(/C(O)=C2\C(=O)C(=O)N(CC[NH+]3CCOCC3)[C@@H]2c2ccc(C)o2)c1. The average Bonchev–Trinajstić information content (AvgIpc) is 3.30. The maximum Gasteiger partial charge on any atom is 0.295 e. The number of nitrogens with zero attached hydrogens (tertiary/aromatic N) is 1. The zero-order valence-corrected chi connectivity index (χ0v) is 18.2. The molecule has 1 aromatic heterocycles. The third kappa shape index (κ3) is 4.16. The number of benzene rings is 1. The summed E-state index contributed by atoms with van der Waals surface area (Å²) in [4.78, 5) is 29.0. The van der Waals surface area contributed by atoms with Crippen LogP contribution in [0.4, 0.5) is 0 Å². The number of quaternary nitrogens is 1. The van der Waals surface area contributed by atoms with Crippen LogP contribution in [0.25, 0.3) is 5.76 Å². The number of ether oxygens (including phenoxy) is 1. The highest BCUT2D eigenvalue weighted by Gasteiger charge is 2.48. The van der Waals surface area contributed by atoms with Crippen molar-refractivity contribution in [2.45, 2.75) is 26.8 Å². The van der Waals surface area contributed by atoms with Gasteiger partial charge >= 0.3 is 0 Å². The van der Waals surface area contributed by atoms with Gasteiger partial charge in [-0.05, 0) is 44.5 Å². The minimum absolute atomic E-state index is 0.0880. The van der Waals surface area contributed by atoms with Gasteiger partial charge in [-0.3, -0.25) is 9.59 Å². The molecule has 4 rings (SSSR count). The molecule has 2 aliphatic rings. The van der Waals surface area contributed by atoms with E-state index in [-0.39, 0.29) is 11.3 Å². The van der Waals surface area contributed by atoms with E-state index in [0.717, 1.165) is 24.2 Å². The molecule has 0 aliphatic carbocycles. The molecule has 31 heavy (non-hydrogen) atoms. The first-order valence-electron chi connectivity index (χ1n) is 10.7. The number of Topliss-reactive ketones (excluding diaryl/α,β-unsaturated/α-hetero) is 1. The molecule has 2 saturated heterocycles. The zero-order chi connectivity index (χ0) is 22.1. The number of rotatable bonds is 5. The summed E-state index contributed by atoms with van der Waals surface area (Å²) in [5.41, 5.74) is 2.44. The summed E-state index contributed by atoms with van der Waals surface area (Å²) in [5, 5.41) is 11.2. The highest BCUT2D eigenvalue weighted by atomic mass is 16.5. The van der Waals surface area contributed by atoms with Crippen LogP contribution in [0, 0.1) is 20.8 Å². The van der Waals surface area contributed by atoms with Crippen molar-refractivity contribution in [2.24, 2.45) is 0 Å². The van der Waals surface area contributed by atoms with Gasteiger partial charge < -0.3 is 24.1 Å². The Hall–Kier alpha value is -2.90. The van der Waals surface area contributed by atoms with E-state index in [1.54, 1.807) is 17.0 Å². The molecule has 0 saturated carbocycles. The van der Waals surface area contributed by atoms with Crippen LogP contribution in [-0.4, -0.2) is 61.1 Å². The predicted octanol–water partition coefficient (Wildman–Crippen LogP) is 1.54. The van der Waals surface area contributed by atoms with Crippen molar-refractivity contribution >= 4 is 17.4 Å². The van der Waals surface area contributed by atoms with E-state index in [4.69, 9.17) is 9.15 Å². The van der Waals surface area contributed by atoms with E-state index in [1.165, 1.54) is 4.90 Å². The van der Waals surface area contributed by atoms with Crippen molar-refractivity contribution in [3.8, 4) is 0 Å². The van der Waals surface area contributed by atoms with Crippen molar-refractivity contribution in [3.63, 3.8) is 0 Å². The summed E-state index contributed by atoms with van der Waals surface area (Å²) in [6.45, 7) is 9.85. The Balaban J connectivity index is 1.75. The van der Waals surface area contributed by atoms with E-state index in [1.807, 2.05) is 39.0 Å². The minimum Gasteiger partial charge on any atom is -0.507 e. The lowest BCUT2D eigenvalue weighted by molar-refractivity contribution is -0.907. The summed E-state index contributed by atoms with van der Waals surface area (Å²) in [6, 6.07) is 8.52. The minimum atomic E-state index is -0.742. The second-order valence-corrected chi connectivity index (χ2v) is 8.37. The van der Waals surface area contributed by atoms with Crippen LogP contribution >= 0.6 is 0 Å². The molecule has 7 nitrogen and oxygen atoms in total. The number of hydrogen-bond donors (Lipinski definition) is 2. The summed E-state index contributed by atoms with van der Waals surface area (Å²) in [7, 11) is 0. The Morgan fingerprint density at radius 3 is 2.55 bits per heavy atom. The fraction of sp³-hybridized carbons (Fsp3) is 0.417. The number of aryl methyl sites for hydroxylation is 3. The van der Waals surface area contributed by atoms with E-state index < -0.39 is 17.7 Å². The maximum absolute atomic E-state index is 13.1. The van der Waals surface area contributed by atoms with E-state index >= 15 is 0 Å². The van der Waals surface area contributed by atoms with Gasteiger partial charge in [0, 0.05) is 5.56 Å². The highest BCUT2D eigenvalue weighted by Crippen LogP contribution is 2.40. The first-order valence-corrected chi connectivity index (χ1v) is 10.7. The van der Waals surface area contributed by atoms with Crippen molar-refractivity contribution in [2.75, 3.05) is 39.4 Å². The molecule has 0 bridgehead atoms. The second-order valence-electron chi connectivity index (χ2n) is 8.37. The van der Waals surface area contributed by atoms with Gasteiger partial charge in [-0.25, -0.2) is 0 Å². The fourth-order valence-corrected chi connectivity index (χ4v) is 4.33. The van der Waals surface area contributed by atoms with E-state index in [0.29, 0.717) is 43.4 Å². The number of carbonyl (C=O) groups is 2. The van der Waals surface area contributed by atoms with Gasteiger partial charge in [0.1, 0.15) is 36.4 Å². The molecular formula is C24H29N2O5+. The van der Waals surface area contributed by atoms with Crippen LogP contribution in [0.1, 0.15) is 34.3 Å². The monoisotopic (exact) mass is 425 g/mol. The molecule has 2 aromatic rings. The smallest absolute Gasteiger partial charge is 0.295 e. The van der Waals surface area contributed by atoms with E-state index in [9.17, 15) is 14.7 Å².